The highest BCUT2D eigenvalue weighted by molar-refractivity contribution is 5.94. The largest absolute Gasteiger partial charge is 0.492 e. The molecule has 0 atom stereocenters. The Bertz CT molecular complexity index is 745. The van der Waals surface area contributed by atoms with E-state index in [1.165, 1.54) is 12.1 Å². The van der Waals surface area contributed by atoms with Gasteiger partial charge in [0, 0.05) is 5.56 Å². The standard InChI is InChI=1S/C20H23NO4/c1-20(2,3)16-6-4-5-15(13-16)18(22)21-11-12-25-17-9-7-14(8-10-17)19(23)24/h4-10,13H,11-12H2,1-3H3,(H,21,22)(H,23,24). The predicted octanol–water partition coefficient (Wildman–Crippen LogP) is 3.49. The minimum atomic E-state index is -0.976. The van der Waals surface area contributed by atoms with E-state index >= 15 is 0 Å². The van der Waals surface area contributed by atoms with Crippen LogP contribution in [0.4, 0.5) is 0 Å². The van der Waals surface area contributed by atoms with Crippen molar-refractivity contribution in [1.82, 2.24) is 5.32 Å². The van der Waals surface area contributed by atoms with Crippen LogP contribution in [0, 0.1) is 0 Å². The Labute approximate surface area is 147 Å². The van der Waals surface area contributed by atoms with Crippen LogP contribution in [0.15, 0.2) is 48.5 Å². The van der Waals surface area contributed by atoms with Crippen LogP contribution in [-0.4, -0.2) is 30.1 Å². The first-order valence-electron chi connectivity index (χ1n) is 8.12. The van der Waals surface area contributed by atoms with E-state index in [0.29, 0.717) is 24.5 Å². The van der Waals surface area contributed by atoms with Gasteiger partial charge in [0.05, 0.1) is 12.1 Å². The van der Waals surface area contributed by atoms with Crippen LogP contribution in [0.1, 0.15) is 47.1 Å². The van der Waals surface area contributed by atoms with Crippen LogP contribution in [0.25, 0.3) is 0 Å². The monoisotopic (exact) mass is 341 g/mol. The first-order valence-corrected chi connectivity index (χ1v) is 8.12. The molecule has 2 N–H and O–H groups in total. The van der Waals surface area contributed by atoms with Gasteiger partial charge in [0.25, 0.3) is 5.91 Å². The highest BCUT2D eigenvalue weighted by Gasteiger charge is 2.15. The summed E-state index contributed by atoms with van der Waals surface area (Å²) in [4.78, 5) is 23.0. The molecule has 25 heavy (non-hydrogen) atoms. The number of hydrogen-bond donors (Lipinski definition) is 2. The van der Waals surface area contributed by atoms with Crippen LogP contribution in [-0.2, 0) is 5.41 Å². The van der Waals surface area contributed by atoms with E-state index in [1.807, 2.05) is 18.2 Å². The molecule has 0 saturated carbocycles. The highest BCUT2D eigenvalue weighted by Crippen LogP contribution is 2.22. The van der Waals surface area contributed by atoms with E-state index in [2.05, 4.69) is 26.1 Å². The van der Waals surface area contributed by atoms with Gasteiger partial charge in [-0.2, -0.15) is 0 Å². The minimum absolute atomic E-state index is 0.0124. The van der Waals surface area contributed by atoms with Gasteiger partial charge in [-0.1, -0.05) is 32.9 Å². The van der Waals surface area contributed by atoms with Gasteiger partial charge in [-0.25, -0.2) is 4.79 Å². The number of aromatic carboxylic acids is 1. The van der Waals surface area contributed by atoms with E-state index in [9.17, 15) is 9.59 Å². The number of carbonyl (C=O) groups is 2. The second-order valence-electron chi connectivity index (χ2n) is 6.76. The molecule has 0 fully saturated rings. The third-order valence-corrected chi connectivity index (χ3v) is 3.75. The number of carboxylic acid groups (broad SMARTS) is 1. The van der Waals surface area contributed by atoms with Gasteiger partial charge >= 0.3 is 5.97 Å². The minimum Gasteiger partial charge on any atom is -0.492 e. The summed E-state index contributed by atoms with van der Waals surface area (Å²) in [6, 6.07) is 13.7. The van der Waals surface area contributed by atoms with Crippen LogP contribution in [0.2, 0.25) is 0 Å². The van der Waals surface area contributed by atoms with Crippen LogP contribution in [0.5, 0.6) is 5.75 Å². The summed E-state index contributed by atoms with van der Waals surface area (Å²) in [5.41, 5.74) is 1.93. The number of rotatable bonds is 6. The molecule has 0 spiro atoms. The van der Waals surface area contributed by atoms with E-state index in [4.69, 9.17) is 9.84 Å². The van der Waals surface area contributed by atoms with Crippen LogP contribution < -0.4 is 10.1 Å². The number of carbonyl (C=O) groups excluding carboxylic acids is 1. The van der Waals surface area contributed by atoms with Gasteiger partial charge in [-0.3, -0.25) is 4.79 Å². The molecule has 0 radical (unpaired) electrons. The molecule has 0 bridgehead atoms. The smallest absolute Gasteiger partial charge is 0.335 e. The summed E-state index contributed by atoms with van der Waals surface area (Å²) in [7, 11) is 0. The molecule has 0 aliphatic rings. The molecule has 5 nitrogen and oxygen atoms in total. The number of benzene rings is 2. The van der Waals surface area contributed by atoms with Crippen LogP contribution in [0.3, 0.4) is 0 Å². The molecule has 0 heterocycles. The predicted molar refractivity (Wildman–Crippen MR) is 96.4 cm³/mol. The molecule has 132 valence electrons. The highest BCUT2D eigenvalue weighted by atomic mass is 16.5. The summed E-state index contributed by atoms with van der Waals surface area (Å²) in [6.45, 7) is 6.98. The lowest BCUT2D eigenvalue weighted by molar-refractivity contribution is 0.0696. The molecule has 0 aliphatic heterocycles. The molecule has 0 aromatic heterocycles. The zero-order valence-corrected chi connectivity index (χ0v) is 14.7. The van der Waals surface area contributed by atoms with Crippen molar-refractivity contribution in [2.24, 2.45) is 0 Å². The zero-order chi connectivity index (χ0) is 18.4. The number of nitrogens with one attached hydrogen (secondary N) is 1. The van der Waals surface area contributed by atoms with Gasteiger partial charge in [0.15, 0.2) is 0 Å². The van der Waals surface area contributed by atoms with Gasteiger partial charge < -0.3 is 15.2 Å². The summed E-state index contributed by atoms with van der Waals surface area (Å²) < 4.78 is 5.50. The lowest BCUT2D eigenvalue weighted by Crippen LogP contribution is -2.28. The average molecular weight is 341 g/mol. The number of hydrogen-bond acceptors (Lipinski definition) is 3. The van der Waals surface area contributed by atoms with Crippen molar-refractivity contribution in [2.75, 3.05) is 13.2 Å². The number of amides is 1. The number of carboxylic acids is 1. The van der Waals surface area contributed by atoms with Crippen molar-refractivity contribution in [3.05, 3.63) is 65.2 Å². The maximum atomic E-state index is 12.2. The quantitative estimate of drug-likeness (QED) is 0.789. The molecule has 5 heteroatoms. The first kappa shape index (κ1) is 18.5. The Kier molecular flexibility index (Phi) is 5.80. The first-order chi connectivity index (χ1) is 11.8. The molecule has 0 unspecified atom stereocenters. The van der Waals surface area contributed by atoms with Gasteiger partial charge in [0.1, 0.15) is 12.4 Å². The normalized spacial score (nSPS) is 11.0. The summed E-state index contributed by atoms with van der Waals surface area (Å²) in [6.07, 6.45) is 0. The SMILES string of the molecule is CC(C)(C)c1cccc(C(=O)NCCOc2ccc(C(=O)O)cc2)c1. The Morgan fingerprint density at radius 1 is 1.04 bits per heavy atom. The van der Waals surface area contributed by atoms with Gasteiger partial charge in [0.2, 0.25) is 0 Å². The van der Waals surface area contributed by atoms with Crippen molar-refractivity contribution in [1.29, 1.82) is 0 Å². The fourth-order valence-electron chi connectivity index (χ4n) is 2.26. The lowest BCUT2D eigenvalue weighted by Gasteiger charge is -2.19. The van der Waals surface area contributed by atoms with E-state index < -0.39 is 5.97 Å². The Morgan fingerprint density at radius 3 is 2.32 bits per heavy atom. The van der Waals surface area contributed by atoms with Crippen molar-refractivity contribution in [3.8, 4) is 5.75 Å². The fourth-order valence-corrected chi connectivity index (χ4v) is 2.26. The Balaban J connectivity index is 1.83. The number of ether oxygens (including phenoxy) is 1. The molecule has 2 aromatic rings. The molecular weight excluding hydrogens is 318 g/mol. The van der Waals surface area contributed by atoms with Crippen molar-refractivity contribution >= 4 is 11.9 Å². The molecule has 2 rings (SSSR count). The van der Waals surface area contributed by atoms with Crippen molar-refractivity contribution < 1.29 is 19.4 Å². The second kappa shape index (κ2) is 7.83. The molecule has 2 aromatic carbocycles. The van der Waals surface area contributed by atoms with Crippen molar-refractivity contribution in [3.63, 3.8) is 0 Å². The van der Waals surface area contributed by atoms with Crippen molar-refractivity contribution in [2.45, 2.75) is 26.2 Å². The average Bonchev–Trinajstić information content (AvgIpc) is 2.58. The molecule has 0 aliphatic carbocycles. The summed E-state index contributed by atoms with van der Waals surface area (Å²) >= 11 is 0. The summed E-state index contributed by atoms with van der Waals surface area (Å²) in [5, 5.41) is 11.7. The van der Waals surface area contributed by atoms with E-state index in [0.717, 1.165) is 5.56 Å². The molecule has 1 amide bonds. The zero-order valence-electron chi connectivity index (χ0n) is 14.7. The summed E-state index contributed by atoms with van der Waals surface area (Å²) in [5.74, 6) is -0.554. The fraction of sp³-hybridized carbons (Fsp3) is 0.300. The topological polar surface area (TPSA) is 75.6 Å². The molecular formula is C20H23NO4. The Morgan fingerprint density at radius 2 is 1.72 bits per heavy atom. The van der Waals surface area contributed by atoms with E-state index in [-0.39, 0.29) is 16.9 Å². The second-order valence-corrected chi connectivity index (χ2v) is 6.76. The maximum Gasteiger partial charge on any atom is 0.335 e. The maximum absolute atomic E-state index is 12.2. The van der Waals surface area contributed by atoms with Gasteiger partial charge in [-0.15, -0.1) is 0 Å². The van der Waals surface area contributed by atoms with Gasteiger partial charge in [-0.05, 0) is 47.4 Å². The third kappa shape index (κ3) is 5.35. The Hall–Kier alpha value is -2.82. The third-order valence-electron chi connectivity index (χ3n) is 3.75. The van der Waals surface area contributed by atoms with Crippen LogP contribution >= 0.6 is 0 Å². The molecule has 0 saturated heterocycles. The van der Waals surface area contributed by atoms with E-state index in [1.54, 1.807) is 18.2 Å². The lowest BCUT2D eigenvalue weighted by atomic mass is 9.86.